The number of para-hydroxylation sites is 2. The van der Waals surface area contributed by atoms with Crippen molar-refractivity contribution < 1.29 is 34.4 Å². The van der Waals surface area contributed by atoms with Crippen molar-refractivity contribution in [1.29, 1.82) is 0 Å². The van der Waals surface area contributed by atoms with E-state index in [0.29, 0.717) is 47.9 Å². The van der Waals surface area contributed by atoms with Gasteiger partial charge in [-0.1, -0.05) is 130 Å². The second kappa shape index (κ2) is 23.2. The number of allylic oxidation sites excluding steroid dienone is 1. The van der Waals surface area contributed by atoms with Crippen LogP contribution in [0.15, 0.2) is 167 Å². The number of ketones is 1. The van der Waals surface area contributed by atoms with E-state index < -0.39 is 35.1 Å². The number of rotatable bonds is 13. The molecule has 3 aliphatic heterocycles. The number of nitrogens with zero attached hydrogens (tertiary/aromatic N) is 5. The predicted molar refractivity (Wildman–Crippen MR) is 315 cm³/mol. The normalized spacial score (nSPS) is 15.6. The fraction of sp³-hybridized carbons (Fsp3) is 0.254. The molecule has 81 heavy (non-hydrogen) atoms. The number of hydrogen-bond acceptors (Lipinski definition) is 12. The molecule has 0 amide bonds. The molecule has 0 bridgehead atoms. The van der Waals surface area contributed by atoms with Gasteiger partial charge in [0.2, 0.25) is 0 Å². The Balaban J connectivity index is 0.000000136. The molecular weight excluding hydrogens is 1020 g/mol. The Labute approximate surface area is 469 Å². The van der Waals surface area contributed by atoms with Gasteiger partial charge in [-0.25, -0.2) is 14.8 Å². The molecule has 7 heterocycles. The number of aromatic nitrogens is 4. The van der Waals surface area contributed by atoms with Crippen molar-refractivity contribution in [3.63, 3.8) is 0 Å². The van der Waals surface area contributed by atoms with Crippen LogP contribution in [0.5, 0.6) is 5.75 Å². The minimum absolute atomic E-state index is 0.0515. The zero-order chi connectivity index (χ0) is 57.2. The summed E-state index contributed by atoms with van der Waals surface area (Å²) in [5.41, 5.74) is 9.11. The van der Waals surface area contributed by atoms with Crippen LogP contribution in [-0.2, 0) is 51.8 Å². The number of carbonyl (C=O) groups excluding carboxylic acids is 2. The fourth-order valence-corrected chi connectivity index (χ4v) is 11.1. The molecule has 5 aromatic carbocycles. The molecule has 14 heteroatoms. The van der Waals surface area contributed by atoms with Crippen LogP contribution in [0.1, 0.15) is 97.0 Å². The fourth-order valence-electron chi connectivity index (χ4n) is 11.1. The first kappa shape index (κ1) is 55.6. The summed E-state index contributed by atoms with van der Waals surface area (Å²) in [7, 11) is 4.11. The van der Waals surface area contributed by atoms with Gasteiger partial charge in [0.05, 0.1) is 59.1 Å². The number of aliphatic hydroxyl groups is 3. The average molecular weight is 1080 g/mol. The molecule has 0 radical (unpaired) electrons. The van der Waals surface area contributed by atoms with Gasteiger partial charge in [0.15, 0.2) is 11.4 Å². The summed E-state index contributed by atoms with van der Waals surface area (Å²) in [6.45, 7) is 8.60. The van der Waals surface area contributed by atoms with Gasteiger partial charge >= 0.3 is 5.97 Å². The highest BCUT2D eigenvalue weighted by Gasteiger charge is 2.45. The Morgan fingerprint density at radius 3 is 1.77 bits per heavy atom. The molecule has 14 nitrogen and oxygen atoms in total. The van der Waals surface area contributed by atoms with Crippen molar-refractivity contribution in [2.75, 3.05) is 27.2 Å². The van der Waals surface area contributed by atoms with E-state index in [0.717, 1.165) is 57.3 Å². The van der Waals surface area contributed by atoms with E-state index in [1.54, 1.807) is 35.1 Å². The SMILES string of the molecule is CC/C(=C(\c1ccccc1)c1ccc(OCCN(C)C)cc1)c1ccccc1.CC[C@@](O)(C(C)=O)c1cc2n(c(=O)c1CO)Cc1cc3ccccc3nc1-2.CC[C@@]1(O)C(=O)OCc2c1cc1n(c2=O)Cc2cc3ccccc3nc2-1. The zero-order valence-corrected chi connectivity index (χ0v) is 46.4. The third-order valence-electron chi connectivity index (χ3n) is 15.7. The van der Waals surface area contributed by atoms with Gasteiger partial charge < -0.3 is 38.8 Å². The number of ether oxygens (including phenoxy) is 2. The Morgan fingerprint density at radius 1 is 0.704 bits per heavy atom. The highest BCUT2D eigenvalue weighted by molar-refractivity contribution is 5.98. The van der Waals surface area contributed by atoms with Crippen molar-refractivity contribution in [1.82, 2.24) is 24.0 Å². The van der Waals surface area contributed by atoms with E-state index in [2.05, 4.69) is 111 Å². The number of aliphatic hydroxyl groups excluding tert-OH is 1. The van der Waals surface area contributed by atoms with Crippen LogP contribution in [0.2, 0.25) is 0 Å². The summed E-state index contributed by atoms with van der Waals surface area (Å²) < 4.78 is 14.1. The monoisotopic (exact) mass is 1080 g/mol. The predicted octanol–water partition coefficient (Wildman–Crippen LogP) is 10.2. The molecule has 2 atom stereocenters. The number of benzene rings is 5. The molecule has 0 fully saturated rings. The molecule has 0 saturated heterocycles. The lowest BCUT2D eigenvalue weighted by molar-refractivity contribution is -0.172. The molecule has 412 valence electrons. The number of fused-ring (bicyclic) bond motifs is 9. The molecule has 4 aromatic heterocycles. The Morgan fingerprint density at radius 2 is 1.23 bits per heavy atom. The number of pyridine rings is 4. The van der Waals surface area contributed by atoms with Crippen molar-refractivity contribution in [3.05, 3.63) is 229 Å². The number of likely N-dealkylation sites (N-methyl/N-ethyl adjacent to an activating group) is 1. The van der Waals surface area contributed by atoms with Gasteiger partial charge in [-0.2, -0.15) is 0 Å². The Kier molecular flexibility index (Phi) is 15.9. The van der Waals surface area contributed by atoms with E-state index in [1.165, 1.54) is 34.8 Å². The largest absolute Gasteiger partial charge is 0.492 e. The van der Waals surface area contributed by atoms with Gasteiger partial charge in [0.25, 0.3) is 11.1 Å². The summed E-state index contributed by atoms with van der Waals surface area (Å²) >= 11 is 0. The molecule has 9 aromatic rings. The minimum atomic E-state index is -1.81. The third-order valence-corrected chi connectivity index (χ3v) is 15.7. The van der Waals surface area contributed by atoms with E-state index in [9.17, 15) is 34.5 Å². The molecule has 0 spiro atoms. The van der Waals surface area contributed by atoms with Crippen molar-refractivity contribution in [3.8, 4) is 28.5 Å². The van der Waals surface area contributed by atoms with E-state index in [-0.39, 0.29) is 36.1 Å². The molecule has 0 unspecified atom stereocenters. The van der Waals surface area contributed by atoms with Gasteiger partial charge in [-0.05, 0) is 117 Å². The second-order valence-electron chi connectivity index (χ2n) is 20.8. The lowest BCUT2D eigenvalue weighted by Crippen LogP contribution is -2.44. The van der Waals surface area contributed by atoms with Crippen LogP contribution in [-0.4, -0.2) is 78.3 Å². The number of cyclic esters (lactones) is 1. The van der Waals surface area contributed by atoms with Gasteiger partial charge in [-0.3, -0.25) is 14.4 Å². The first-order valence-electron chi connectivity index (χ1n) is 27.4. The number of esters is 1. The standard InChI is InChI=1S/C26H29NO.C21H20N2O4.C20H16N2O4/c1-4-25(21-11-7-5-8-12-21)26(22-13-9-6-10-14-22)23-15-17-24(18-16-23)28-20-19-27(2)3;1-3-21(27,12(2)25)16-9-18-19-14(10-23(18)20(26)15(16)11-24)8-13-6-4-5-7-17(13)22-19;1-2-20(25)14-8-16-17-12(7-11-5-3-4-6-15(11)21-17)9-22(16)18(23)13(14)10-26-19(20)24/h5-18H,4,19-20H2,1-3H3;4-9,24,27H,3,10-11H2,1-2H3;3-8,25H,2,9-10H2,1H3/b26-25-;;/t;21-;20-/m.10/s1. The van der Waals surface area contributed by atoms with Gasteiger partial charge in [0, 0.05) is 45.1 Å². The van der Waals surface area contributed by atoms with Crippen LogP contribution in [0.3, 0.4) is 0 Å². The van der Waals surface area contributed by atoms with Gasteiger partial charge in [-0.15, -0.1) is 0 Å². The maximum absolute atomic E-state index is 13.0. The smallest absolute Gasteiger partial charge is 0.343 e. The molecule has 0 saturated carbocycles. The number of Topliss-reactive ketones (excluding diaryl/α,β-unsaturated/α-hetero) is 1. The molecular formula is C67H65N5O9. The maximum atomic E-state index is 13.0. The van der Waals surface area contributed by atoms with Crippen molar-refractivity contribution in [2.24, 2.45) is 0 Å². The van der Waals surface area contributed by atoms with E-state index in [1.807, 2.05) is 60.7 Å². The summed E-state index contributed by atoms with van der Waals surface area (Å²) in [5.74, 6) is -0.258. The first-order chi connectivity index (χ1) is 39.1. The van der Waals surface area contributed by atoms with Gasteiger partial charge in [0.1, 0.15) is 24.6 Å². The third kappa shape index (κ3) is 10.5. The molecule has 3 aliphatic rings. The minimum Gasteiger partial charge on any atom is -0.492 e. The van der Waals surface area contributed by atoms with E-state index >= 15 is 0 Å². The second-order valence-corrected chi connectivity index (χ2v) is 20.8. The highest BCUT2D eigenvalue weighted by atomic mass is 16.6. The zero-order valence-electron chi connectivity index (χ0n) is 46.4. The van der Waals surface area contributed by atoms with Crippen LogP contribution < -0.4 is 15.9 Å². The molecule has 12 rings (SSSR count). The highest BCUT2D eigenvalue weighted by Crippen LogP contribution is 2.40. The van der Waals surface area contributed by atoms with Crippen molar-refractivity contribution in [2.45, 2.75) is 84.5 Å². The lowest BCUT2D eigenvalue weighted by atomic mass is 9.84. The van der Waals surface area contributed by atoms with Crippen LogP contribution in [0.25, 0.3) is 55.7 Å². The number of carbonyl (C=O) groups is 2. The summed E-state index contributed by atoms with van der Waals surface area (Å²) in [4.78, 5) is 61.9. The Bertz CT molecular complexity index is 4020. The number of hydrogen-bond donors (Lipinski definition) is 3. The average Bonchev–Trinajstić information content (AvgIpc) is 4.28. The molecule has 0 aliphatic carbocycles. The van der Waals surface area contributed by atoms with Crippen LogP contribution >= 0.6 is 0 Å². The summed E-state index contributed by atoms with van der Waals surface area (Å²) in [5, 5.41) is 33.5. The van der Waals surface area contributed by atoms with Crippen LogP contribution in [0.4, 0.5) is 0 Å². The van der Waals surface area contributed by atoms with Crippen molar-refractivity contribution >= 4 is 44.7 Å². The quantitative estimate of drug-likeness (QED) is 0.0734. The topological polar surface area (TPSA) is 186 Å². The van der Waals surface area contributed by atoms with E-state index in [4.69, 9.17) is 19.4 Å². The summed E-state index contributed by atoms with van der Waals surface area (Å²) in [6.07, 6.45) is 1.21. The maximum Gasteiger partial charge on any atom is 0.343 e. The van der Waals surface area contributed by atoms with Crippen LogP contribution in [0, 0.1) is 0 Å². The lowest BCUT2D eigenvalue weighted by Gasteiger charge is -2.31. The molecule has 3 N–H and O–H groups in total. The Hall–Kier alpha value is -8.66. The summed E-state index contributed by atoms with van der Waals surface area (Å²) in [6, 6.07) is 52.7. The first-order valence-corrected chi connectivity index (χ1v) is 27.4.